The van der Waals surface area contributed by atoms with E-state index in [2.05, 4.69) is 4.98 Å². The van der Waals surface area contributed by atoms with Crippen molar-refractivity contribution in [1.29, 1.82) is 0 Å². The van der Waals surface area contributed by atoms with Gasteiger partial charge in [-0.05, 0) is 24.0 Å². The van der Waals surface area contributed by atoms with Gasteiger partial charge < -0.3 is 0 Å². The predicted molar refractivity (Wildman–Crippen MR) is 75.8 cm³/mol. The van der Waals surface area contributed by atoms with Gasteiger partial charge in [-0.3, -0.25) is 9.36 Å². The van der Waals surface area contributed by atoms with E-state index >= 15 is 0 Å². The van der Waals surface area contributed by atoms with Crippen LogP contribution in [-0.2, 0) is 12.7 Å². The third-order valence-corrected chi connectivity index (χ3v) is 3.63. The van der Waals surface area contributed by atoms with Crippen molar-refractivity contribution in [2.45, 2.75) is 17.9 Å². The van der Waals surface area contributed by atoms with Gasteiger partial charge in [0.1, 0.15) is 0 Å². The summed E-state index contributed by atoms with van der Waals surface area (Å²) in [4.78, 5) is 15.4. The summed E-state index contributed by atoms with van der Waals surface area (Å²) >= 11 is 6.75. The normalized spacial score (nSPS) is 11.7. The second kappa shape index (κ2) is 6.11. The largest absolute Gasteiger partial charge is 0.433 e. The Kier molecular flexibility index (Phi) is 4.63. The van der Waals surface area contributed by atoms with Crippen LogP contribution in [0.2, 0.25) is 5.02 Å². The molecule has 1 heterocycles. The second-order valence-electron chi connectivity index (χ2n) is 4.18. The van der Waals surface area contributed by atoms with Crippen molar-refractivity contribution in [3.63, 3.8) is 0 Å². The SMILES string of the molecule is CSc1nc(C(F)(F)F)cc(=O)n1Cc1ccc(Cl)cc1. The summed E-state index contributed by atoms with van der Waals surface area (Å²) in [7, 11) is 0. The molecule has 2 aromatic rings. The molecule has 0 bridgehead atoms. The van der Waals surface area contributed by atoms with E-state index in [1.54, 1.807) is 30.5 Å². The van der Waals surface area contributed by atoms with Crippen molar-refractivity contribution in [2.75, 3.05) is 6.26 Å². The van der Waals surface area contributed by atoms with Crippen LogP contribution in [0.5, 0.6) is 0 Å². The molecule has 0 fully saturated rings. The van der Waals surface area contributed by atoms with E-state index in [9.17, 15) is 18.0 Å². The van der Waals surface area contributed by atoms with E-state index in [4.69, 9.17) is 11.6 Å². The van der Waals surface area contributed by atoms with Crippen LogP contribution in [0, 0.1) is 0 Å². The van der Waals surface area contributed by atoms with Crippen LogP contribution < -0.4 is 5.56 Å². The minimum Gasteiger partial charge on any atom is -0.283 e. The molecule has 0 aliphatic carbocycles. The Morgan fingerprint density at radius 1 is 1.29 bits per heavy atom. The summed E-state index contributed by atoms with van der Waals surface area (Å²) in [6.45, 7) is 0.136. The van der Waals surface area contributed by atoms with Crippen LogP contribution in [0.25, 0.3) is 0 Å². The molecule has 0 atom stereocenters. The fourth-order valence-electron chi connectivity index (χ4n) is 1.70. The fraction of sp³-hybridized carbons (Fsp3) is 0.231. The highest BCUT2D eigenvalue weighted by atomic mass is 35.5. The predicted octanol–water partition coefficient (Wildman–Crippen LogP) is 3.69. The maximum Gasteiger partial charge on any atom is 0.433 e. The van der Waals surface area contributed by atoms with Crippen LogP contribution in [0.3, 0.4) is 0 Å². The lowest BCUT2D eigenvalue weighted by molar-refractivity contribution is -0.141. The summed E-state index contributed by atoms with van der Waals surface area (Å²) < 4.78 is 39.2. The molecule has 21 heavy (non-hydrogen) atoms. The third-order valence-electron chi connectivity index (χ3n) is 2.70. The monoisotopic (exact) mass is 334 g/mol. The van der Waals surface area contributed by atoms with Gasteiger partial charge in [0.05, 0.1) is 6.54 Å². The number of hydrogen-bond donors (Lipinski definition) is 0. The number of nitrogens with zero attached hydrogens (tertiary/aromatic N) is 2. The lowest BCUT2D eigenvalue weighted by atomic mass is 10.2. The van der Waals surface area contributed by atoms with E-state index in [1.807, 2.05) is 0 Å². The summed E-state index contributed by atoms with van der Waals surface area (Å²) in [5.74, 6) is 0. The average molecular weight is 335 g/mol. The molecule has 112 valence electrons. The van der Waals surface area contributed by atoms with Crippen molar-refractivity contribution >= 4 is 23.4 Å². The summed E-state index contributed by atoms with van der Waals surface area (Å²) in [5, 5.41) is 0.562. The average Bonchev–Trinajstić information content (AvgIpc) is 2.42. The van der Waals surface area contributed by atoms with Crippen molar-refractivity contribution in [2.24, 2.45) is 0 Å². The quantitative estimate of drug-likeness (QED) is 0.634. The number of thioether (sulfide) groups is 1. The first-order chi connectivity index (χ1) is 9.81. The number of alkyl halides is 3. The minimum atomic E-state index is -4.64. The maximum atomic E-state index is 12.7. The fourth-order valence-corrected chi connectivity index (χ4v) is 2.39. The Bertz CT molecular complexity index is 698. The number of halogens is 4. The van der Waals surface area contributed by atoms with E-state index in [0.717, 1.165) is 17.3 Å². The van der Waals surface area contributed by atoms with E-state index < -0.39 is 17.4 Å². The molecule has 1 aromatic heterocycles. The number of hydrogen-bond acceptors (Lipinski definition) is 3. The molecule has 0 N–H and O–H groups in total. The van der Waals surface area contributed by atoms with Crippen molar-refractivity contribution < 1.29 is 13.2 Å². The Balaban J connectivity index is 2.44. The number of aromatic nitrogens is 2. The Morgan fingerprint density at radius 3 is 2.43 bits per heavy atom. The molecule has 0 saturated heterocycles. The topological polar surface area (TPSA) is 34.9 Å². The summed E-state index contributed by atoms with van der Waals surface area (Å²) in [6, 6.07) is 7.22. The molecule has 8 heteroatoms. The lowest BCUT2D eigenvalue weighted by Crippen LogP contribution is -2.26. The first kappa shape index (κ1) is 15.9. The van der Waals surface area contributed by atoms with Crippen molar-refractivity contribution in [3.05, 3.63) is 57.0 Å². The zero-order valence-electron chi connectivity index (χ0n) is 10.8. The molecule has 3 nitrogen and oxygen atoms in total. The van der Waals surface area contributed by atoms with Crippen LogP contribution in [-0.4, -0.2) is 15.8 Å². The first-order valence-electron chi connectivity index (χ1n) is 5.79. The maximum absolute atomic E-state index is 12.7. The smallest absolute Gasteiger partial charge is 0.283 e. The molecular formula is C13H10ClF3N2OS. The minimum absolute atomic E-state index is 0.0183. The van der Waals surface area contributed by atoms with E-state index in [1.165, 1.54) is 4.57 Å². The van der Waals surface area contributed by atoms with Crippen LogP contribution >= 0.6 is 23.4 Å². The zero-order chi connectivity index (χ0) is 15.6. The van der Waals surface area contributed by atoms with Gasteiger partial charge in [-0.15, -0.1) is 0 Å². The zero-order valence-corrected chi connectivity index (χ0v) is 12.4. The molecule has 1 aromatic carbocycles. The molecule has 0 aliphatic rings. The lowest BCUT2D eigenvalue weighted by Gasteiger charge is -2.13. The molecule has 0 amide bonds. The van der Waals surface area contributed by atoms with Crippen LogP contribution in [0.4, 0.5) is 13.2 Å². The highest BCUT2D eigenvalue weighted by Gasteiger charge is 2.34. The Hall–Kier alpha value is -1.47. The van der Waals surface area contributed by atoms with Gasteiger partial charge in [0.25, 0.3) is 5.56 Å². The van der Waals surface area contributed by atoms with Gasteiger partial charge in [-0.2, -0.15) is 13.2 Å². The van der Waals surface area contributed by atoms with Gasteiger partial charge in [0.2, 0.25) is 0 Å². The Labute approximate surface area is 127 Å². The van der Waals surface area contributed by atoms with E-state index in [0.29, 0.717) is 11.1 Å². The molecule has 0 unspecified atom stereocenters. The van der Waals surface area contributed by atoms with Crippen LogP contribution in [0.15, 0.2) is 40.3 Å². The second-order valence-corrected chi connectivity index (χ2v) is 5.39. The summed E-state index contributed by atoms with van der Waals surface area (Å²) in [5.41, 5.74) is -1.17. The number of rotatable bonds is 3. The molecule has 0 radical (unpaired) electrons. The van der Waals surface area contributed by atoms with Gasteiger partial charge >= 0.3 is 6.18 Å². The van der Waals surface area contributed by atoms with Gasteiger partial charge in [0.15, 0.2) is 10.9 Å². The number of benzene rings is 1. The van der Waals surface area contributed by atoms with Crippen LogP contribution in [0.1, 0.15) is 11.3 Å². The highest BCUT2D eigenvalue weighted by Crippen LogP contribution is 2.28. The first-order valence-corrected chi connectivity index (χ1v) is 7.39. The van der Waals surface area contributed by atoms with Gasteiger partial charge in [-0.25, -0.2) is 4.98 Å². The molecule has 0 spiro atoms. The standard InChI is InChI=1S/C13H10ClF3N2OS/c1-21-12-18-10(13(15,16)17)6-11(20)19(12)7-8-2-4-9(14)5-3-8/h2-6H,7H2,1H3. The molecule has 0 saturated carbocycles. The van der Waals surface area contributed by atoms with Crippen molar-refractivity contribution in [1.82, 2.24) is 9.55 Å². The molecule has 0 aliphatic heterocycles. The third kappa shape index (κ3) is 3.79. The van der Waals surface area contributed by atoms with Gasteiger partial charge in [0, 0.05) is 11.1 Å². The summed E-state index contributed by atoms with van der Waals surface area (Å²) in [6.07, 6.45) is -3.07. The molecule has 2 rings (SSSR count). The highest BCUT2D eigenvalue weighted by molar-refractivity contribution is 7.98. The molecular weight excluding hydrogens is 325 g/mol. The van der Waals surface area contributed by atoms with E-state index in [-0.39, 0.29) is 11.7 Å². The van der Waals surface area contributed by atoms with Gasteiger partial charge in [-0.1, -0.05) is 35.5 Å². The Morgan fingerprint density at radius 2 is 1.90 bits per heavy atom. The van der Waals surface area contributed by atoms with Crippen molar-refractivity contribution in [3.8, 4) is 0 Å².